The number of benzene rings is 2. The zero-order valence-electron chi connectivity index (χ0n) is 14.3. The summed E-state index contributed by atoms with van der Waals surface area (Å²) in [7, 11) is 0.888. The van der Waals surface area contributed by atoms with Crippen LogP contribution in [0.5, 0.6) is 0 Å². The summed E-state index contributed by atoms with van der Waals surface area (Å²) < 4.78 is 32.5. The normalized spacial score (nSPS) is 12.4. The van der Waals surface area contributed by atoms with Gasteiger partial charge in [-0.1, -0.05) is 41.6 Å². The van der Waals surface area contributed by atoms with Gasteiger partial charge in [0.1, 0.15) is 5.71 Å². The van der Waals surface area contributed by atoms with Crippen molar-refractivity contribution in [1.29, 1.82) is 0 Å². The molecule has 0 unspecified atom stereocenters. The molecule has 2 N–H and O–H groups in total. The topological polar surface area (TPSA) is 91.2 Å². The molecular weight excluding hydrogens is 342 g/mol. The molecule has 0 spiro atoms. The molecule has 0 aliphatic carbocycles. The van der Waals surface area contributed by atoms with Crippen LogP contribution in [0.15, 0.2) is 53.7 Å². The quantitative estimate of drug-likeness (QED) is 0.448. The lowest BCUT2D eigenvalue weighted by Crippen LogP contribution is -2.29. The van der Waals surface area contributed by atoms with Crippen molar-refractivity contribution in [2.75, 3.05) is 25.9 Å². The van der Waals surface area contributed by atoms with Crippen LogP contribution in [0, 0.1) is 0 Å². The van der Waals surface area contributed by atoms with Gasteiger partial charge in [0.15, 0.2) is 0 Å². The van der Waals surface area contributed by atoms with E-state index in [1.54, 1.807) is 31.4 Å². The lowest BCUT2D eigenvalue weighted by atomic mass is 10.0. The maximum absolute atomic E-state index is 11.9. The first-order valence-corrected chi connectivity index (χ1v) is 8.92. The molecule has 0 fully saturated rings. The Labute approximate surface area is 147 Å². The van der Waals surface area contributed by atoms with Crippen LogP contribution in [-0.2, 0) is 21.6 Å². The fourth-order valence-electron chi connectivity index (χ4n) is 2.18. The van der Waals surface area contributed by atoms with Crippen molar-refractivity contribution in [3.05, 3.63) is 65.2 Å². The van der Waals surface area contributed by atoms with Gasteiger partial charge >= 0.3 is 10.2 Å². The average Bonchev–Trinajstić information content (AvgIpc) is 2.57. The summed E-state index contributed by atoms with van der Waals surface area (Å²) in [4.78, 5) is 0. The Hall–Kier alpha value is -2.42. The van der Waals surface area contributed by atoms with Crippen molar-refractivity contribution in [2.24, 2.45) is 5.16 Å². The van der Waals surface area contributed by atoms with E-state index < -0.39 is 10.2 Å². The van der Waals surface area contributed by atoms with E-state index in [9.17, 15) is 13.6 Å². The lowest BCUT2D eigenvalue weighted by Gasteiger charge is -2.14. The molecule has 8 heteroatoms. The standard InChI is InChI=1S/C17H21N3O4S/c1-20(2)25(22,23)19-16-6-4-5-15(11-16)17(18-21)14-9-7-13(8-10-14)12-24-3/h4-11,19,21H,12H2,1-3H3. The summed E-state index contributed by atoms with van der Waals surface area (Å²) in [5.41, 5.74) is 3.00. The summed E-state index contributed by atoms with van der Waals surface area (Å²) >= 11 is 0. The van der Waals surface area contributed by atoms with Crippen LogP contribution in [0.25, 0.3) is 0 Å². The van der Waals surface area contributed by atoms with E-state index in [1.165, 1.54) is 14.1 Å². The maximum Gasteiger partial charge on any atom is 0.301 e. The second-order valence-electron chi connectivity index (χ2n) is 5.55. The summed E-state index contributed by atoms with van der Waals surface area (Å²) in [6.45, 7) is 0.494. The number of hydrogen-bond donors (Lipinski definition) is 2. The van der Waals surface area contributed by atoms with Gasteiger partial charge in [-0.2, -0.15) is 12.7 Å². The van der Waals surface area contributed by atoms with Crippen LogP contribution in [0.2, 0.25) is 0 Å². The minimum Gasteiger partial charge on any atom is -0.410 e. The van der Waals surface area contributed by atoms with Crippen molar-refractivity contribution in [1.82, 2.24) is 4.31 Å². The average molecular weight is 363 g/mol. The number of nitrogens with one attached hydrogen (secondary N) is 1. The number of rotatable bonds is 7. The minimum absolute atomic E-state index is 0.342. The largest absolute Gasteiger partial charge is 0.410 e. The highest BCUT2D eigenvalue weighted by atomic mass is 32.2. The highest BCUT2D eigenvalue weighted by molar-refractivity contribution is 7.90. The molecule has 134 valence electrons. The Kier molecular flexibility index (Phi) is 6.13. The predicted octanol–water partition coefficient (Wildman–Crippen LogP) is 2.28. The number of ether oxygens (including phenoxy) is 1. The third-order valence-electron chi connectivity index (χ3n) is 3.50. The first-order chi connectivity index (χ1) is 11.9. The van der Waals surface area contributed by atoms with Gasteiger partial charge in [-0.15, -0.1) is 0 Å². The van der Waals surface area contributed by atoms with Crippen LogP contribution in [0.1, 0.15) is 16.7 Å². The van der Waals surface area contributed by atoms with Gasteiger partial charge in [0, 0.05) is 32.3 Å². The molecule has 2 rings (SSSR count). The number of anilines is 1. The molecule has 0 saturated heterocycles. The molecule has 0 saturated carbocycles. The molecule has 7 nitrogen and oxygen atoms in total. The first kappa shape index (κ1) is 18.9. The third kappa shape index (κ3) is 4.79. The SMILES string of the molecule is COCc1ccc(C(=NO)c2cccc(NS(=O)(=O)N(C)C)c2)cc1. The van der Waals surface area contributed by atoms with E-state index in [0.29, 0.717) is 29.1 Å². The second kappa shape index (κ2) is 8.11. The zero-order valence-corrected chi connectivity index (χ0v) is 15.1. The number of oxime groups is 1. The molecule has 0 aliphatic rings. The molecule has 0 atom stereocenters. The molecule has 0 bridgehead atoms. The minimum atomic E-state index is -3.61. The second-order valence-corrected chi connectivity index (χ2v) is 7.43. The van der Waals surface area contributed by atoms with Crippen LogP contribution < -0.4 is 4.72 Å². The van der Waals surface area contributed by atoms with E-state index in [0.717, 1.165) is 9.87 Å². The van der Waals surface area contributed by atoms with Crippen molar-refractivity contribution in [3.63, 3.8) is 0 Å². The van der Waals surface area contributed by atoms with Crippen molar-refractivity contribution >= 4 is 21.6 Å². The van der Waals surface area contributed by atoms with E-state index in [1.807, 2.05) is 24.3 Å². The first-order valence-electron chi connectivity index (χ1n) is 7.48. The third-order valence-corrected chi connectivity index (χ3v) is 4.96. The maximum atomic E-state index is 11.9. The van der Waals surface area contributed by atoms with Gasteiger partial charge < -0.3 is 9.94 Å². The summed E-state index contributed by atoms with van der Waals surface area (Å²) in [6.07, 6.45) is 0. The van der Waals surface area contributed by atoms with Crippen LogP contribution in [0.3, 0.4) is 0 Å². The molecule has 0 amide bonds. The van der Waals surface area contributed by atoms with Crippen LogP contribution in [-0.4, -0.2) is 44.8 Å². The van der Waals surface area contributed by atoms with Crippen molar-refractivity contribution < 1.29 is 18.4 Å². The number of nitrogens with zero attached hydrogens (tertiary/aromatic N) is 2. The van der Waals surface area contributed by atoms with E-state index in [2.05, 4.69) is 9.88 Å². The van der Waals surface area contributed by atoms with Gasteiger partial charge in [0.05, 0.1) is 12.3 Å². The Balaban J connectivity index is 2.31. The highest BCUT2D eigenvalue weighted by Crippen LogP contribution is 2.18. The fraction of sp³-hybridized carbons (Fsp3) is 0.235. The molecule has 0 aromatic heterocycles. The van der Waals surface area contributed by atoms with E-state index in [-0.39, 0.29) is 0 Å². The summed E-state index contributed by atoms with van der Waals surface area (Å²) in [5, 5.41) is 12.8. The Morgan fingerprint density at radius 3 is 2.40 bits per heavy atom. The summed E-state index contributed by atoms with van der Waals surface area (Å²) in [5.74, 6) is 0. The molecular formula is C17H21N3O4S. The number of methoxy groups -OCH3 is 1. The van der Waals surface area contributed by atoms with Gasteiger partial charge in [-0.25, -0.2) is 0 Å². The smallest absolute Gasteiger partial charge is 0.301 e. The van der Waals surface area contributed by atoms with Crippen molar-refractivity contribution in [3.8, 4) is 0 Å². The van der Waals surface area contributed by atoms with E-state index >= 15 is 0 Å². The lowest BCUT2D eigenvalue weighted by molar-refractivity contribution is 0.185. The van der Waals surface area contributed by atoms with Crippen LogP contribution >= 0.6 is 0 Å². The number of hydrogen-bond acceptors (Lipinski definition) is 5. The molecule has 0 heterocycles. The van der Waals surface area contributed by atoms with Gasteiger partial charge in [-0.05, 0) is 17.7 Å². The van der Waals surface area contributed by atoms with Gasteiger partial charge in [0.2, 0.25) is 0 Å². The monoisotopic (exact) mass is 363 g/mol. The fourth-order valence-corrected chi connectivity index (χ4v) is 2.79. The molecule has 0 aliphatic heterocycles. The molecule has 2 aromatic rings. The highest BCUT2D eigenvalue weighted by Gasteiger charge is 2.14. The van der Waals surface area contributed by atoms with Crippen LogP contribution in [0.4, 0.5) is 5.69 Å². The molecule has 2 aromatic carbocycles. The van der Waals surface area contributed by atoms with Gasteiger partial charge in [-0.3, -0.25) is 4.72 Å². The predicted molar refractivity (Wildman–Crippen MR) is 97.3 cm³/mol. The summed E-state index contributed by atoms with van der Waals surface area (Å²) in [6, 6.07) is 14.1. The van der Waals surface area contributed by atoms with E-state index in [4.69, 9.17) is 4.74 Å². The van der Waals surface area contributed by atoms with Gasteiger partial charge in [0.25, 0.3) is 0 Å². The zero-order chi connectivity index (χ0) is 18.4. The Morgan fingerprint density at radius 1 is 1.16 bits per heavy atom. The van der Waals surface area contributed by atoms with Crippen molar-refractivity contribution in [2.45, 2.75) is 6.61 Å². The molecule has 0 radical (unpaired) electrons. The Morgan fingerprint density at radius 2 is 1.84 bits per heavy atom. The Bertz CT molecular complexity index is 846. The molecule has 25 heavy (non-hydrogen) atoms.